The summed E-state index contributed by atoms with van der Waals surface area (Å²) in [5.74, 6) is 1.05. The van der Waals surface area contributed by atoms with Gasteiger partial charge >= 0.3 is 0 Å². The molecule has 0 saturated carbocycles. The third-order valence-corrected chi connectivity index (χ3v) is 4.28. The van der Waals surface area contributed by atoms with Crippen molar-refractivity contribution in [3.05, 3.63) is 29.3 Å². The number of rotatable bonds is 5. The molecule has 1 aliphatic rings. The number of aryl methyl sites for hydroxylation is 1. The van der Waals surface area contributed by atoms with E-state index in [0.717, 1.165) is 18.8 Å². The fraction of sp³-hybridized carbons (Fsp3) is 0.667. The first kappa shape index (κ1) is 15.4. The first-order valence-electron chi connectivity index (χ1n) is 8.04. The second-order valence-electron chi connectivity index (χ2n) is 7.14. The standard InChI is InChI=1S/C18H29NO/c1-15-14-16(18(2,3)4)8-9-17(15)20-13-7-12-19-10-5-6-11-19/h8-9,14H,5-7,10-13H2,1-4H3/p+1. The highest BCUT2D eigenvalue weighted by Gasteiger charge is 2.16. The van der Waals surface area contributed by atoms with Crippen molar-refractivity contribution in [3.8, 4) is 5.75 Å². The number of ether oxygens (including phenoxy) is 1. The van der Waals surface area contributed by atoms with Crippen LogP contribution < -0.4 is 9.64 Å². The quantitative estimate of drug-likeness (QED) is 0.817. The lowest BCUT2D eigenvalue weighted by Gasteiger charge is -2.20. The Morgan fingerprint density at radius 2 is 1.85 bits per heavy atom. The molecule has 1 aromatic carbocycles. The van der Waals surface area contributed by atoms with Crippen LogP contribution in [0.2, 0.25) is 0 Å². The molecule has 0 aliphatic carbocycles. The molecule has 1 N–H and O–H groups in total. The Labute approximate surface area is 124 Å². The molecule has 2 heteroatoms. The van der Waals surface area contributed by atoms with E-state index in [1.165, 1.54) is 43.6 Å². The van der Waals surface area contributed by atoms with Crippen molar-refractivity contribution in [2.45, 2.75) is 52.4 Å². The molecule has 0 spiro atoms. The Morgan fingerprint density at radius 3 is 2.45 bits per heavy atom. The molecule has 20 heavy (non-hydrogen) atoms. The van der Waals surface area contributed by atoms with Gasteiger partial charge in [0.25, 0.3) is 0 Å². The molecule has 1 aromatic rings. The molecule has 0 aromatic heterocycles. The van der Waals surface area contributed by atoms with Gasteiger partial charge in [0.1, 0.15) is 5.75 Å². The molecule has 2 nitrogen and oxygen atoms in total. The average Bonchev–Trinajstić information content (AvgIpc) is 2.88. The highest BCUT2D eigenvalue weighted by atomic mass is 16.5. The van der Waals surface area contributed by atoms with E-state index in [0.29, 0.717) is 0 Å². The maximum Gasteiger partial charge on any atom is 0.122 e. The van der Waals surface area contributed by atoms with Crippen molar-refractivity contribution in [2.75, 3.05) is 26.2 Å². The van der Waals surface area contributed by atoms with Crippen molar-refractivity contribution in [1.29, 1.82) is 0 Å². The summed E-state index contributed by atoms with van der Waals surface area (Å²) in [5.41, 5.74) is 2.84. The van der Waals surface area contributed by atoms with Crippen LogP contribution in [0.25, 0.3) is 0 Å². The van der Waals surface area contributed by atoms with E-state index in [1.54, 1.807) is 4.90 Å². The fourth-order valence-electron chi connectivity index (χ4n) is 2.91. The summed E-state index contributed by atoms with van der Waals surface area (Å²) in [7, 11) is 0. The van der Waals surface area contributed by atoms with E-state index in [1.807, 2.05) is 0 Å². The Balaban J connectivity index is 1.80. The van der Waals surface area contributed by atoms with E-state index in [2.05, 4.69) is 45.9 Å². The number of hydrogen-bond acceptors (Lipinski definition) is 1. The molecule has 112 valence electrons. The van der Waals surface area contributed by atoms with E-state index >= 15 is 0 Å². The predicted octanol–water partition coefficient (Wildman–Crippen LogP) is 2.74. The van der Waals surface area contributed by atoms with Crippen LogP contribution >= 0.6 is 0 Å². The first-order chi connectivity index (χ1) is 9.47. The normalized spacial score (nSPS) is 16.6. The number of hydrogen-bond donors (Lipinski definition) is 1. The van der Waals surface area contributed by atoms with Crippen LogP contribution in [0.5, 0.6) is 5.75 Å². The summed E-state index contributed by atoms with van der Waals surface area (Å²) >= 11 is 0. The smallest absolute Gasteiger partial charge is 0.122 e. The van der Waals surface area contributed by atoms with Crippen molar-refractivity contribution < 1.29 is 9.64 Å². The van der Waals surface area contributed by atoms with Gasteiger partial charge in [-0.1, -0.05) is 32.9 Å². The summed E-state index contributed by atoms with van der Waals surface area (Å²) in [4.78, 5) is 1.76. The fourth-order valence-corrected chi connectivity index (χ4v) is 2.91. The second-order valence-corrected chi connectivity index (χ2v) is 7.14. The van der Waals surface area contributed by atoms with Gasteiger partial charge in [-0.15, -0.1) is 0 Å². The Morgan fingerprint density at radius 1 is 1.15 bits per heavy atom. The molecular formula is C18H30NO+. The van der Waals surface area contributed by atoms with Crippen LogP contribution in [0.3, 0.4) is 0 Å². The monoisotopic (exact) mass is 276 g/mol. The lowest BCUT2D eigenvalue weighted by molar-refractivity contribution is -0.887. The molecule has 2 rings (SSSR count). The van der Waals surface area contributed by atoms with Gasteiger partial charge in [0.15, 0.2) is 0 Å². The highest BCUT2D eigenvalue weighted by molar-refractivity contribution is 5.38. The molecule has 0 bridgehead atoms. The van der Waals surface area contributed by atoms with E-state index in [-0.39, 0.29) is 5.41 Å². The van der Waals surface area contributed by atoms with Crippen molar-refractivity contribution >= 4 is 0 Å². The maximum absolute atomic E-state index is 5.95. The SMILES string of the molecule is Cc1cc(C(C)(C)C)ccc1OCCC[NH+]1CCCC1. The van der Waals surface area contributed by atoms with Gasteiger partial charge < -0.3 is 9.64 Å². The molecule has 0 amide bonds. The minimum atomic E-state index is 0.211. The first-order valence-corrected chi connectivity index (χ1v) is 8.04. The van der Waals surface area contributed by atoms with E-state index in [9.17, 15) is 0 Å². The largest absolute Gasteiger partial charge is 0.493 e. The summed E-state index contributed by atoms with van der Waals surface area (Å²) < 4.78 is 5.95. The van der Waals surface area contributed by atoms with Crippen LogP contribution in [0.4, 0.5) is 0 Å². The Bertz CT molecular complexity index is 428. The van der Waals surface area contributed by atoms with Gasteiger partial charge in [-0.25, -0.2) is 0 Å². The van der Waals surface area contributed by atoms with Crippen LogP contribution in [0.1, 0.15) is 51.2 Å². The zero-order chi connectivity index (χ0) is 14.6. The van der Waals surface area contributed by atoms with Gasteiger partial charge in [0, 0.05) is 19.3 Å². The van der Waals surface area contributed by atoms with Crippen LogP contribution in [-0.2, 0) is 5.41 Å². The topological polar surface area (TPSA) is 13.7 Å². The third-order valence-electron chi connectivity index (χ3n) is 4.28. The molecule has 1 aliphatic heterocycles. The van der Waals surface area contributed by atoms with E-state index in [4.69, 9.17) is 4.74 Å². The second kappa shape index (κ2) is 6.62. The molecule has 0 unspecified atom stereocenters. The lowest BCUT2D eigenvalue weighted by atomic mass is 9.86. The molecule has 1 saturated heterocycles. The summed E-state index contributed by atoms with van der Waals surface area (Å²) in [6.45, 7) is 13.7. The predicted molar refractivity (Wildman–Crippen MR) is 84.8 cm³/mol. The van der Waals surface area contributed by atoms with Crippen molar-refractivity contribution in [2.24, 2.45) is 0 Å². The van der Waals surface area contributed by atoms with Crippen LogP contribution in [-0.4, -0.2) is 26.2 Å². The van der Waals surface area contributed by atoms with Crippen LogP contribution in [0.15, 0.2) is 18.2 Å². The Kier molecular flexibility index (Phi) is 5.09. The molecule has 1 fully saturated rings. The average molecular weight is 276 g/mol. The van der Waals surface area contributed by atoms with Crippen molar-refractivity contribution in [3.63, 3.8) is 0 Å². The van der Waals surface area contributed by atoms with Gasteiger partial charge in [-0.2, -0.15) is 0 Å². The summed E-state index contributed by atoms with van der Waals surface area (Å²) in [5, 5.41) is 0. The van der Waals surface area contributed by atoms with E-state index < -0.39 is 0 Å². The van der Waals surface area contributed by atoms with Gasteiger partial charge in [-0.05, 0) is 29.5 Å². The molecule has 1 heterocycles. The highest BCUT2D eigenvalue weighted by Crippen LogP contribution is 2.27. The zero-order valence-electron chi connectivity index (χ0n) is 13.6. The minimum Gasteiger partial charge on any atom is -0.493 e. The number of quaternary nitrogens is 1. The zero-order valence-corrected chi connectivity index (χ0v) is 13.6. The lowest BCUT2D eigenvalue weighted by Crippen LogP contribution is -3.10. The van der Waals surface area contributed by atoms with Gasteiger partial charge in [0.2, 0.25) is 0 Å². The van der Waals surface area contributed by atoms with Gasteiger partial charge in [0.05, 0.1) is 26.2 Å². The number of likely N-dealkylation sites (tertiary alicyclic amines) is 1. The number of nitrogens with one attached hydrogen (secondary N) is 1. The maximum atomic E-state index is 5.95. The summed E-state index contributed by atoms with van der Waals surface area (Å²) in [6, 6.07) is 6.60. The molecule has 0 atom stereocenters. The third kappa shape index (κ3) is 4.24. The Hall–Kier alpha value is -1.02. The van der Waals surface area contributed by atoms with Gasteiger partial charge in [-0.3, -0.25) is 0 Å². The van der Waals surface area contributed by atoms with Crippen LogP contribution in [0, 0.1) is 6.92 Å². The minimum absolute atomic E-state index is 0.211. The summed E-state index contributed by atoms with van der Waals surface area (Å²) in [6.07, 6.45) is 3.98. The number of benzene rings is 1. The molecule has 0 radical (unpaired) electrons. The van der Waals surface area contributed by atoms with Crippen molar-refractivity contribution in [1.82, 2.24) is 0 Å². The molecular weight excluding hydrogens is 246 g/mol.